The van der Waals surface area contributed by atoms with Gasteiger partial charge in [0.05, 0.1) is 0 Å². The van der Waals surface area contributed by atoms with Crippen molar-refractivity contribution in [2.45, 2.75) is 18.8 Å². The van der Waals surface area contributed by atoms with Gasteiger partial charge >= 0.3 is 0 Å². The Morgan fingerprint density at radius 1 is 1.29 bits per heavy atom. The van der Waals surface area contributed by atoms with Gasteiger partial charge in [-0.2, -0.15) is 0 Å². The van der Waals surface area contributed by atoms with Gasteiger partial charge in [0.15, 0.2) is 5.69 Å². The Bertz CT molecular complexity index is 605. The van der Waals surface area contributed by atoms with E-state index in [1.165, 1.54) is 17.1 Å². The molecule has 0 radical (unpaired) electrons. The molecule has 21 heavy (non-hydrogen) atoms. The van der Waals surface area contributed by atoms with E-state index >= 15 is 0 Å². The highest BCUT2D eigenvalue weighted by molar-refractivity contribution is 7.10. The van der Waals surface area contributed by atoms with Crippen LogP contribution in [-0.4, -0.2) is 35.6 Å². The molecule has 0 unspecified atom stereocenters. The average Bonchev–Trinajstić information content (AvgIpc) is 3.05. The summed E-state index contributed by atoms with van der Waals surface area (Å²) < 4.78 is 3.93. The summed E-state index contributed by atoms with van der Waals surface area (Å²) in [5.74, 6) is 0.440. The fourth-order valence-corrected chi connectivity index (χ4v) is 3.51. The van der Waals surface area contributed by atoms with Gasteiger partial charge in [-0.1, -0.05) is 34.8 Å². The van der Waals surface area contributed by atoms with E-state index in [-0.39, 0.29) is 5.91 Å². The van der Waals surface area contributed by atoms with Crippen molar-refractivity contribution in [2.24, 2.45) is 0 Å². The number of nitrogens with one attached hydrogen (secondary N) is 1. The summed E-state index contributed by atoms with van der Waals surface area (Å²) in [5.41, 5.74) is 1.85. The van der Waals surface area contributed by atoms with Gasteiger partial charge in [-0.15, -0.1) is 5.10 Å². The summed E-state index contributed by atoms with van der Waals surface area (Å²) in [7, 11) is 1.62. The molecular formula is C15H18N4OS. The smallest absolute Gasteiger partial charge is 0.274 e. The Balaban J connectivity index is 1.69. The first-order chi connectivity index (χ1) is 10.3. The van der Waals surface area contributed by atoms with Crippen molar-refractivity contribution >= 4 is 22.4 Å². The van der Waals surface area contributed by atoms with Crippen LogP contribution < -0.4 is 10.2 Å². The first-order valence-corrected chi connectivity index (χ1v) is 7.91. The Labute approximate surface area is 128 Å². The van der Waals surface area contributed by atoms with Crippen LogP contribution in [0.4, 0.5) is 5.00 Å². The molecule has 2 aromatic rings. The monoisotopic (exact) mass is 302 g/mol. The lowest BCUT2D eigenvalue weighted by atomic mass is 9.89. The number of carbonyl (C=O) groups excluding carboxylic acids is 1. The van der Waals surface area contributed by atoms with Crippen LogP contribution in [-0.2, 0) is 0 Å². The molecule has 1 aromatic carbocycles. The Morgan fingerprint density at radius 3 is 2.67 bits per heavy atom. The average molecular weight is 302 g/mol. The third kappa shape index (κ3) is 2.90. The van der Waals surface area contributed by atoms with E-state index in [2.05, 4.69) is 50.1 Å². The van der Waals surface area contributed by atoms with E-state index in [4.69, 9.17) is 0 Å². The second kappa shape index (κ2) is 6.22. The van der Waals surface area contributed by atoms with Crippen molar-refractivity contribution < 1.29 is 4.79 Å². The zero-order valence-electron chi connectivity index (χ0n) is 12.0. The van der Waals surface area contributed by atoms with Gasteiger partial charge in [-0.05, 0) is 24.3 Å². The number of anilines is 1. The number of piperidine rings is 1. The molecule has 1 fully saturated rings. The number of rotatable bonds is 3. The largest absolute Gasteiger partial charge is 0.360 e. The predicted molar refractivity (Wildman–Crippen MR) is 83.9 cm³/mol. The second-order valence-electron chi connectivity index (χ2n) is 5.18. The molecule has 1 N–H and O–H groups in total. The highest BCUT2D eigenvalue weighted by Gasteiger charge is 2.26. The minimum absolute atomic E-state index is 0.163. The molecule has 2 heterocycles. The lowest BCUT2D eigenvalue weighted by Crippen LogP contribution is -2.34. The molecule has 1 amide bonds. The number of aromatic nitrogens is 2. The molecule has 0 saturated carbocycles. The molecule has 5 nitrogen and oxygen atoms in total. The topological polar surface area (TPSA) is 58.1 Å². The summed E-state index contributed by atoms with van der Waals surface area (Å²) in [6.45, 7) is 1.88. The van der Waals surface area contributed by atoms with Crippen LogP contribution in [0.2, 0.25) is 0 Å². The van der Waals surface area contributed by atoms with Gasteiger partial charge < -0.3 is 10.2 Å². The second-order valence-corrected chi connectivity index (χ2v) is 5.91. The van der Waals surface area contributed by atoms with Crippen LogP contribution in [0.5, 0.6) is 0 Å². The summed E-state index contributed by atoms with van der Waals surface area (Å²) in [4.78, 5) is 14.0. The Morgan fingerprint density at radius 2 is 2.00 bits per heavy atom. The molecular weight excluding hydrogens is 284 g/mol. The van der Waals surface area contributed by atoms with Crippen LogP contribution in [0.15, 0.2) is 30.3 Å². The van der Waals surface area contributed by atoms with Gasteiger partial charge in [0, 0.05) is 31.7 Å². The first kappa shape index (κ1) is 14.0. The third-order valence-corrected chi connectivity index (χ3v) is 4.75. The van der Waals surface area contributed by atoms with Crippen LogP contribution in [0, 0.1) is 0 Å². The predicted octanol–water partition coefficient (Wildman–Crippen LogP) is 2.28. The number of hydrogen-bond acceptors (Lipinski definition) is 5. The van der Waals surface area contributed by atoms with Gasteiger partial charge in [-0.25, -0.2) is 0 Å². The fraction of sp³-hybridized carbons (Fsp3) is 0.400. The van der Waals surface area contributed by atoms with Crippen LogP contribution in [0.25, 0.3) is 0 Å². The van der Waals surface area contributed by atoms with E-state index in [1.54, 1.807) is 7.05 Å². The maximum atomic E-state index is 11.8. The molecule has 1 aliphatic heterocycles. The summed E-state index contributed by atoms with van der Waals surface area (Å²) in [5, 5.41) is 7.46. The number of hydrogen-bond donors (Lipinski definition) is 1. The van der Waals surface area contributed by atoms with Crippen molar-refractivity contribution in [1.29, 1.82) is 0 Å². The maximum Gasteiger partial charge on any atom is 0.274 e. The van der Waals surface area contributed by atoms with Crippen LogP contribution in [0.3, 0.4) is 0 Å². The van der Waals surface area contributed by atoms with Crippen molar-refractivity contribution in [3.8, 4) is 0 Å². The van der Waals surface area contributed by atoms with Crippen molar-refractivity contribution in [3.05, 3.63) is 41.6 Å². The molecule has 0 bridgehead atoms. The Hall–Kier alpha value is -1.95. The Kier molecular flexibility index (Phi) is 4.15. The number of amides is 1. The van der Waals surface area contributed by atoms with Crippen molar-refractivity contribution in [2.75, 3.05) is 25.0 Å². The van der Waals surface area contributed by atoms with Gasteiger partial charge in [0.25, 0.3) is 5.91 Å². The molecule has 0 atom stereocenters. The highest BCUT2D eigenvalue weighted by Crippen LogP contribution is 2.32. The zero-order valence-corrected chi connectivity index (χ0v) is 12.8. The standard InChI is InChI=1S/C15H18N4OS/c1-16-14(20)13-15(21-18-17-13)19-9-7-12(8-10-19)11-5-3-2-4-6-11/h2-6,12H,7-10H2,1H3,(H,16,20). The molecule has 1 aromatic heterocycles. The molecule has 0 spiro atoms. The van der Waals surface area contributed by atoms with Crippen LogP contribution in [0.1, 0.15) is 34.8 Å². The number of carbonyl (C=O) groups is 1. The molecule has 3 rings (SSSR count). The molecule has 1 aliphatic rings. The van der Waals surface area contributed by atoms with E-state index in [0.717, 1.165) is 30.9 Å². The summed E-state index contributed by atoms with van der Waals surface area (Å²) in [6, 6.07) is 10.6. The van der Waals surface area contributed by atoms with Crippen LogP contribution >= 0.6 is 11.5 Å². The van der Waals surface area contributed by atoms with Gasteiger partial charge in [0.2, 0.25) is 0 Å². The van der Waals surface area contributed by atoms with Gasteiger partial charge in [0.1, 0.15) is 5.00 Å². The normalized spacial score (nSPS) is 16.0. The SMILES string of the molecule is CNC(=O)c1nnsc1N1CCC(c2ccccc2)CC1. The van der Waals surface area contributed by atoms with Crippen molar-refractivity contribution in [1.82, 2.24) is 14.9 Å². The number of benzene rings is 1. The van der Waals surface area contributed by atoms with E-state index < -0.39 is 0 Å². The fourth-order valence-electron chi connectivity index (χ4n) is 2.80. The zero-order chi connectivity index (χ0) is 14.7. The van der Waals surface area contributed by atoms with E-state index in [1.807, 2.05) is 0 Å². The minimum Gasteiger partial charge on any atom is -0.360 e. The maximum absolute atomic E-state index is 11.8. The minimum atomic E-state index is -0.163. The third-order valence-electron chi connectivity index (χ3n) is 3.97. The highest BCUT2D eigenvalue weighted by atomic mass is 32.1. The van der Waals surface area contributed by atoms with E-state index in [0.29, 0.717) is 11.6 Å². The summed E-state index contributed by atoms with van der Waals surface area (Å²) in [6.07, 6.45) is 2.18. The lowest BCUT2D eigenvalue weighted by molar-refractivity contribution is 0.0958. The quantitative estimate of drug-likeness (QED) is 0.945. The van der Waals surface area contributed by atoms with Gasteiger partial charge in [-0.3, -0.25) is 4.79 Å². The summed E-state index contributed by atoms with van der Waals surface area (Å²) >= 11 is 1.30. The lowest BCUT2D eigenvalue weighted by Gasteiger charge is -2.32. The first-order valence-electron chi connectivity index (χ1n) is 7.14. The molecule has 1 saturated heterocycles. The number of nitrogens with zero attached hydrogens (tertiary/aromatic N) is 3. The molecule has 110 valence electrons. The van der Waals surface area contributed by atoms with E-state index in [9.17, 15) is 4.79 Å². The van der Waals surface area contributed by atoms with Crippen molar-refractivity contribution in [3.63, 3.8) is 0 Å². The molecule has 6 heteroatoms. The molecule has 0 aliphatic carbocycles.